The van der Waals surface area contributed by atoms with Crippen molar-refractivity contribution in [3.8, 4) is 0 Å². The SMILES string of the molecule is COC(=O)C(=O)[C@@H](C(=O)C(=O)Nc1cccc(C(C)=O)c1)c1nc2ccccc2[nH]c1=O. The van der Waals surface area contributed by atoms with E-state index >= 15 is 0 Å². The second kappa shape index (κ2) is 9.13. The Morgan fingerprint density at radius 1 is 1.00 bits per heavy atom. The molecule has 0 bridgehead atoms. The molecular weight excluding hydrogens is 418 g/mol. The van der Waals surface area contributed by atoms with Crippen molar-refractivity contribution in [1.82, 2.24) is 9.97 Å². The number of hydrogen-bond donors (Lipinski definition) is 2. The minimum atomic E-state index is -2.12. The van der Waals surface area contributed by atoms with Gasteiger partial charge >= 0.3 is 5.97 Å². The summed E-state index contributed by atoms with van der Waals surface area (Å²) in [6.07, 6.45) is 0. The standard InChI is InChI=1S/C22H17N3O7/c1-11(26)12-6-5-7-13(10-12)23-21(30)18(27)16(19(28)22(31)32-2)17-20(29)25-15-9-4-3-8-14(15)24-17/h3-10,16H,1-2H3,(H,23,30)(H,25,29)/t16-/m1/s1. The van der Waals surface area contributed by atoms with Crippen LogP contribution >= 0.6 is 0 Å². The van der Waals surface area contributed by atoms with E-state index < -0.39 is 40.6 Å². The van der Waals surface area contributed by atoms with Crippen LogP contribution in [0.25, 0.3) is 11.0 Å². The third kappa shape index (κ3) is 4.48. The third-order valence-corrected chi connectivity index (χ3v) is 4.56. The second-order valence-corrected chi connectivity index (χ2v) is 6.71. The molecule has 0 aliphatic heterocycles. The number of H-pyrrole nitrogens is 1. The zero-order valence-corrected chi connectivity index (χ0v) is 17.0. The highest BCUT2D eigenvalue weighted by Gasteiger charge is 2.40. The van der Waals surface area contributed by atoms with Crippen LogP contribution in [0.2, 0.25) is 0 Å². The number of esters is 1. The van der Waals surface area contributed by atoms with Gasteiger partial charge in [-0.1, -0.05) is 24.3 Å². The Hall–Kier alpha value is -4.47. The van der Waals surface area contributed by atoms with Crippen LogP contribution in [-0.4, -0.2) is 46.3 Å². The topological polar surface area (TPSA) is 152 Å². The molecule has 2 aromatic carbocycles. The number of amides is 1. The van der Waals surface area contributed by atoms with Gasteiger partial charge in [-0.05, 0) is 31.2 Å². The fraction of sp³-hybridized carbons (Fsp3) is 0.136. The van der Waals surface area contributed by atoms with Crippen LogP contribution in [0.1, 0.15) is 28.9 Å². The number of aromatic amines is 1. The number of Topliss-reactive ketones (excluding diaryl/α,β-unsaturated/α-hetero) is 3. The summed E-state index contributed by atoms with van der Waals surface area (Å²) in [5.74, 6) is -7.88. The van der Waals surface area contributed by atoms with Gasteiger partial charge in [-0.2, -0.15) is 0 Å². The van der Waals surface area contributed by atoms with Gasteiger partial charge in [-0.15, -0.1) is 0 Å². The quantitative estimate of drug-likeness (QED) is 0.243. The zero-order chi connectivity index (χ0) is 23.4. The summed E-state index contributed by atoms with van der Waals surface area (Å²) in [6, 6.07) is 12.1. The Kier molecular flexibility index (Phi) is 6.34. The second-order valence-electron chi connectivity index (χ2n) is 6.71. The lowest BCUT2D eigenvalue weighted by atomic mass is 9.94. The van der Waals surface area contributed by atoms with Gasteiger partial charge in [0, 0.05) is 11.3 Å². The molecular formula is C22H17N3O7. The smallest absolute Gasteiger partial charge is 0.375 e. The van der Waals surface area contributed by atoms with E-state index in [1.54, 1.807) is 18.2 Å². The molecule has 162 valence electrons. The summed E-state index contributed by atoms with van der Waals surface area (Å²) in [5, 5.41) is 2.27. The highest BCUT2D eigenvalue weighted by molar-refractivity contribution is 6.52. The molecule has 0 unspecified atom stereocenters. The van der Waals surface area contributed by atoms with Crippen LogP contribution in [0.5, 0.6) is 0 Å². The van der Waals surface area contributed by atoms with Gasteiger partial charge in [0.05, 0.1) is 18.1 Å². The van der Waals surface area contributed by atoms with Crippen molar-refractivity contribution in [3.63, 3.8) is 0 Å². The number of hydrogen-bond acceptors (Lipinski definition) is 8. The molecule has 32 heavy (non-hydrogen) atoms. The minimum Gasteiger partial charge on any atom is -0.463 e. The first-order valence-electron chi connectivity index (χ1n) is 9.30. The molecule has 0 saturated heterocycles. The fourth-order valence-corrected chi connectivity index (χ4v) is 2.96. The number of ether oxygens (including phenoxy) is 1. The molecule has 0 radical (unpaired) electrons. The molecule has 10 nitrogen and oxygen atoms in total. The van der Waals surface area contributed by atoms with Gasteiger partial charge in [-0.3, -0.25) is 24.0 Å². The number of aromatic nitrogens is 2. The summed E-state index contributed by atoms with van der Waals surface area (Å²) in [6.45, 7) is 1.33. The number of benzene rings is 2. The predicted molar refractivity (Wildman–Crippen MR) is 112 cm³/mol. The van der Waals surface area contributed by atoms with E-state index in [1.807, 2.05) is 0 Å². The Labute approximate surface area is 180 Å². The van der Waals surface area contributed by atoms with E-state index in [9.17, 15) is 28.8 Å². The van der Waals surface area contributed by atoms with Crippen LogP contribution in [0.3, 0.4) is 0 Å². The Balaban J connectivity index is 2.03. The zero-order valence-electron chi connectivity index (χ0n) is 17.0. The molecule has 0 saturated carbocycles. The van der Waals surface area contributed by atoms with Gasteiger partial charge in [0.1, 0.15) is 11.6 Å². The molecule has 3 rings (SSSR count). The summed E-state index contributed by atoms with van der Waals surface area (Å²) >= 11 is 0. The summed E-state index contributed by atoms with van der Waals surface area (Å²) in [5.41, 5.74) is -0.552. The lowest BCUT2D eigenvalue weighted by Gasteiger charge is -2.13. The monoisotopic (exact) mass is 435 g/mol. The van der Waals surface area contributed by atoms with Crippen molar-refractivity contribution in [2.45, 2.75) is 12.8 Å². The molecule has 2 N–H and O–H groups in total. The lowest BCUT2D eigenvalue weighted by Crippen LogP contribution is -2.39. The molecule has 1 atom stereocenters. The molecule has 10 heteroatoms. The average Bonchev–Trinajstić information content (AvgIpc) is 2.78. The molecule has 0 aliphatic carbocycles. The highest BCUT2D eigenvalue weighted by atomic mass is 16.5. The first kappa shape index (κ1) is 22.2. The van der Waals surface area contributed by atoms with Crippen molar-refractivity contribution in [2.24, 2.45) is 0 Å². The van der Waals surface area contributed by atoms with Crippen molar-refractivity contribution < 1.29 is 28.7 Å². The van der Waals surface area contributed by atoms with Gasteiger partial charge in [0.15, 0.2) is 5.78 Å². The number of fused-ring (bicyclic) bond motifs is 1. The van der Waals surface area contributed by atoms with Crippen LogP contribution in [0.4, 0.5) is 5.69 Å². The maximum Gasteiger partial charge on any atom is 0.375 e. The van der Waals surface area contributed by atoms with E-state index in [2.05, 4.69) is 20.0 Å². The van der Waals surface area contributed by atoms with E-state index in [-0.39, 0.29) is 22.6 Å². The van der Waals surface area contributed by atoms with Crippen molar-refractivity contribution in [2.75, 3.05) is 12.4 Å². The number of methoxy groups -OCH3 is 1. The molecule has 1 amide bonds. The fourth-order valence-electron chi connectivity index (χ4n) is 2.96. The maximum atomic E-state index is 12.9. The van der Waals surface area contributed by atoms with Crippen molar-refractivity contribution in [3.05, 3.63) is 70.1 Å². The normalized spacial score (nSPS) is 11.4. The number of carbonyl (C=O) groups is 5. The number of nitrogens with zero attached hydrogens (tertiary/aromatic N) is 1. The number of rotatable bonds is 7. The largest absolute Gasteiger partial charge is 0.463 e. The Bertz CT molecular complexity index is 1330. The molecule has 1 heterocycles. The molecule has 1 aromatic heterocycles. The maximum absolute atomic E-state index is 12.9. The van der Waals surface area contributed by atoms with E-state index in [0.717, 1.165) is 7.11 Å². The summed E-state index contributed by atoms with van der Waals surface area (Å²) in [4.78, 5) is 80.6. The first-order chi connectivity index (χ1) is 15.2. The van der Waals surface area contributed by atoms with Gasteiger partial charge in [-0.25, -0.2) is 9.78 Å². The highest BCUT2D eigenvalue weighted by Crippen LogP contribution is 2.18. The lowest BCUT2D eigenvalue weighted by molar-refractivity contribution is -0.154. The van der Waals surface area contributed by atoms with E-state index in [0.29, 0.717) is 5.52 Å². The van der Waals surface area contributed by atoms with Crippen LogP contribution in [0.15, 0.2) is 53.3 Å². The molecule has 0 spiro atoms. The third-order valence-electron chi connectivity index (χ3n) is 4.56. The first-order valence-corrected chi connectivity index (χ1v) is 9.30. The molecule has 3 aromatic rings. The van der Waals surface area contributed by atoms with Crippen molar-refractivity contribution in [1.29, 1.82) is 0 Å². The van der Waals surface area contributed by atoms with Gasteiger partial charge in [0.25, 0.3) is 17.2 Å². The number of ketones is 3. The number of carbonyl (C=O) groups excluding carboxylic acids is 5. The summed E-state index contributed by atoms with van der Waals surface area (Å²) in [7, 11) is 0.924. The van der Waals surface area contributed by atoms with Crippen LogP contribution in [0, 0.1) is 0 Å². The van der Waals surface area contributed by atoms with Crippen LogP contribution < -0.4 is 10.9 Å². The Morgan fingerprint density at radius 3 is 2.41 bits per heavy atom. The number of anilines is 1. The predicted octanol–water partition coefficient (Wildman–Crippen LogP) is 1.16. The van der Waals surface area contributed by atoms with Crippen LogP contribution in [-0.2, 0) is 23.9 Å². The van der Waals surface area contributed by atoms with E-state index in [4.69, 9.17) is 0 Å². The van der Waals surface area contributed by atoms with Crippen molar-refractivity contribution >= 4 is 45.9 Å². The molecule has 0 fully saturated rings. The average molecular weight is 435 g/mol. The molecule has 0 aliphatic rings. The Morgan fingerprint density at radius 2 is 1.72 bits per heavy atom. The number of nitrogens with one attached hydrogen (secondary N) is 2. The van der Waals surface area contributed by atoms with Gasteiger partial charge < -0.3 is 15.0 Å². The summed E-state index contributed by atoms with van der Waals surface area (Å²) < 4.78 is 4.38. The number of para-hydroxylation sites is 2. The minimum absolute atomic E-state index is 0.112. The van der Waals surface area contributed by atoms with Gasteiger partial charge in [0.2, 0.25) is 5.78 Å². The van der Waals surface area contributed by atoms with E-state index in [1.165, 1.54) is 37.3 Å².